The highest BCUT2D eigenvalue weighted by Gasteiger charge is 2.54. The van der Waals surface area contributed by atoms with E-state index in [9.17, 15) is 8.22 Å². The Morgan fingerprint density at radius 1 is 0.307 bits per heavy atom. The van der Waals surface area contributed by atoms with E-state index in [-0.39, 0.29) is 56.8 Å². The van der Waals surface area contributed by atoms with Gasteiger partial charge in [-0.25, -0.2) is 0 Å². The van der Waals surface area contributed by atoms with Gasteiger partial charge in [0, 0.05) is 61.5 Å². The predicted molar refractivity (Wildman–Crippen MR) is 429 cm³/mol. The van der Waals surface area contributed by atoms with Crippen LogP contribution in [0.25, 0.3) is 94.3 Å². The maximum atomic E-state index is 9.93. The van der Waals surface area contributed by atoms with Crippen molar-refractivity contribution in [3.63, 3.8) is 0 Å². The number of rotatable bonds is 7. The van der Waals surface area contributed by atoms with Crippen molar-refractivity contribution in [2.75, 3.05) is 9.80 Å². The zero-order valence-electron chi connectivity index (χ0n) is 66.2. The van der Waals surface area contributed by atoms with Crippen LogP contribution in [0.3, 0.4) is 0 Å². The summed E-state index contributed by atoms with van der Waals surface area (Å²) in [5, 5.41) is 0.0339. The minimum atomic E-state index is -0.745. The van der Waals surface area contributed by atoms with Gasteiger partial charge in [0.1, 0.15) is 0 Å². The summed E-state index contributed by atoms with van der Waals surface area (Å²) in [6.07, 6.45) is 0. The third kappa shape index (κ3) is 9.06. The molecule has 0 unspecified atom stereocenters. The van der Waals surface area contributed by atoms with Crippen LogP contribution in [-0.4, -0.2) is 11.3 Å². The summed E-state index contributed by atoms with van der Waals surface area (Å²) in [7, 11) is 0. The Labute approximate surface area is 605 Å². The minimum Gasteiger partial charge on any atom is -0.310 e. The average Bonchev–Trinajstić information content (AvgIpc) is 1.60. The Morgan fingerprint density at radius 2 is 0.663 bits per heavy atom. The van der Waals surface area contributed by atoms with Gasteiger partial charge in [0.2, 0.25) is 0 Å². The van der Waals surface area contributed by atoms with Crippen LogP contribution in [0.1, 0.15) is 112 Å². The van der Waals surface area contributed by atoms with E-state index in [4.69, 9.17) is 2.74 Å². The van der Waals surface area contributed by atoms with Gasteiger partial charge in [-0.1, -0.05) is 305 Å². The topological polar surface area (TPSA) is 11.4 Å². The first-order chi connectivity index (χ1) is 52.4. The van der Waals surface area contributed by atoms with Gasteiger partial charge < -0.3 is 14.4 Å². The van der Waals surface area contributed by atoms with Gasteiger partial charge in [-0.05, 0) is 183 Å². The Bertz CT molecular complexity index is 6160. The number of para-hydroxylation sites is 2. The molecule has 101 heavy (non-hydrogen) atoms. The quantitative estimate of drug-likeness (QED) is 0.147. The molecule has 484 valence electrons. The normalized spacial score (nSPS) is 14.9. The highest BCUT2D eigenvalue weighted by molar-refractivity contribution is 7.00. The van der Waals surface area contributed by atoms with E-state index in [1.54, 1.807) is 4.57 Å². The second-order valence-electron chi connectivity index (χ2n) is 31.0. The van der Waals surface area contributed by atoms with Gasteiger partial charge in [0.25, 0.3) is 6.71 Å². The summed E-state index contributed by atoms with van der Waals surface area (Å²) in [4.78, 5) is 5.14. The van der Waals surface area contributed by atoms with Gasteiger partial charge in [-0.3, -0.25) is 0 Å². The van der Waals surface area contributed by atoms with Crippen LogP contribution >= 0.6 is 0 Å². The fourth-order valence-corrected chi connectivity index (χ4v) is 17.3. The van der Waals surface area contributed by atoms with Gasteiger partial charge in [-0.15, -0.1) is 0 Å². The zero-order chi connectivity index (χ0) is 75.4. The van der Waals surface area contributed by atoms with Gasteiger partial charge in [-0.2, -0.15) is 0 Å². The molecule has 3 heterocycles. The lowest BCUT2D eigenvalue weighted by molar-refractivity contribution is 0.590. The molecule has 0 bridgehead atoms. The van der Waals surface area contributed by atoms with Crippen molar-refractivity contribution in [1.82, 2.24) is 4.57 Å². The van der Waals surface area contributed by atoms with E-state index in [1.807, 2.05) is 6.07 Å². The maximum Gasteiger partial charge on any atom is 0.252 e. The van der Waals surface area contributed by atoms with Crippen LogP contribution < -0.4 is 26.2 Å². The van der Waals surface area contributed by atoms with Crippen LogP contribution in [0.15, 0.2) is 309 Å². The monoisotopic (exact) mass is 1300 g/mol. The summed E-state index contributed by atoms with van der Waals surface area (Å²) < 4.78 is 77.8. The SMILES string of the molecule is [2H]c1c([2H])c([2H])c2c(c1[2H])c1c([2H])c([2H])c([2H])c([2H])c1n2-c1ccc2c(c1)N(c1c(-c3ccccc3)cc(C(C)(C)C)cc1-c1ccccc1)c1cc(C(C)(C)C)cc3c1B2c1cc2c(cc1N3c1c(-c3ccccc3)cc(C(C)(C)C)cc1-c1ccccc1)-c1ccccc1C21c2ccccc2-c2ccccc21. The van der Waals surface area contributed by atoms with Crippen molar-refractivity contribution in [2.45, 2.75) is 84.0 Å². The first-order valence-corrected chi connectivity index (χ1v) is 35.4. The molecule has 0 fully saturated rings. The number of hydrogen-bond acceptors (Lipinski definition) is 2. The zero-order valence-corrected chi connectivity index (χ0v) is 58.2. The summed E-state index contributed by atoms with van der Waals surface area (Å²) in [6.45, 7) is 20.1. The molecule has 0 amide bonds. The highest BCUT2D eigenvalue weighted by Crippen LogP contribution is 2.64. The molecule has 4 heteroatoms. The lowest BCUT2D eigenvalue weighted by Crippen LogP contribution is -2.61. The first-order valence-electron chi connectivity index (χ1n) is 39.4. The molecule has 2 aliphatic carbocycles. The summed E-state index contributed by atoms with van der Waals surface area (Å²) in [5.74, 6) is 0. The number of nitrogens with zero attached hydrogens (tertiary/aromatic N) is 3. The predicted octanol–water partition coefficient (Wildman–Crippen LogP) is 23.8. The Balaban J connectivity index is 1.05. The molecule has 1 aromatic heterocycles. The molecule has 3 nitrogen and oxygen atoms in total. The Morgan fingerprint density at radius 3 is 1.07 bits per heavy atom. The molecule has 0 saturated heterocycles. The second-order valence-corrected chi connectivity index (χ2v) is 31.0. The molecule has 0 radical (unpaired) electrons. The molecular weight excluding hydrogens is 1220 g/mol. The van der Waals surface area contributed by atoms with Crippen molar-refractivity contribution in [1.29, 1.82) is 0 Å². The van der Waals surface area contributed by atoms with Crippen LogP contribution in [-0.2, 0) is 21.7 Å². The lowest BCUT2D eigenvalue weighted by Gasteiger charge is -2.47. The maximum absolute atomic E-state index is 9.93. The minimum absolute atomic E-state index is 0.0169. The molecule has 0 saturated carbocycles. The second kappa shape index (κ2) is 22.3. The fourth-order valence-electron chi connectivity index (χ4n) is 17.3. The summed E-state index contributed by atoms with van der Waals surface area (Å²) in [6, 6.07) is 92.8. The Hall–Kier alpha value is -11.5. The third-order valence-corrected chi connectivity index (χ3v) is 22.1. The van der Waals surface area contributed by atoms with Crippen LogP contribution in [0.5, 0.6) is 0 Å². The summed E-state index contributed by atoms with van der Waals surface area (Å²) in [5.41, 5.74) is 28.8. The molecular formula is C97H78BN3. The van der Waals surface area contributed by atoms with Gasteiger partial charge in [0.15, 0.2) is 0 Å². The first kappa shape index (κ1) is 52.6. The van der Waals surface area contributed by atoms with Crippen molar-refractivity contribution in [3.8, 4) is 72.4 Å². The molecule has 1 spiro atoms. The third-order valence-electron chi connectivity index (χ3n) is 22.1. The number of fused-ring (bicyclic) bond motifs is 17. The molecule has 19 rings (SSSR count). The fraction of sp³-hybridized carbons (Fsp3) is 0.134. The smallest absolute Gasteiger partial charge is 0.252 e. The largest absolute Gasteiger partial charge is 0.310 e. The van der Waals surface area contributed by atoms with Crippen molar-refractivity contribution in [3.05, 3.63) is 348 Å². The molecule has 0 N–H and O–H groups in total. The molecule has 2 aliphatic heterocycles. The lowest BCUT2D eigenvalue weighted by atomic mass is 9.33. The van der Waals surface area contributed by atoms with Crippen LogP contribution in [0.4, 0.5) is 34.1 Å². The van der Waals surface area contributed by atoms with Crippen molar-refractivity contribution < 1.29 is 11.0 Å². The Kier molecular flexibility index (Phi) is 11.6. The number of benzene rings is 14. The van der Waals surface area contributed by atoms with Crippen LogP contribution in [0.2, 0.25) is 0 Å². The van der Waals surface area contributed by atoms with E-state index >= 15 is 0 Å². The van der Waals surface area contributed by atoms with E-state index in [0.717, 1.165) is 112 Å². The highest BCUT2D eigenvalue weighted by atomic mass is 15.2. The average molecular weight is 1300 g/mol. The van der Waals surface area contributed by atoms with E-state index < -0.39 is 41.7 Å². The van der Waals surface area contributed by atoms with Gasteiger partial charge >= 0.3 is 0 Å². The van der Waals surface area contributed by atoms with Crippen molar-refractivity contribution >= 4 is 79.0 Å². The van der Waals surface area contributed by atoms with E-state index in [2.05, 4.69) is 327 Å². The molecule has 14 aromatic carbocycles. The standard InChI is InChI=1S/C97H78BN3/c1-94(2,3)65-52-74(61-32-14-10-15-33-61)92(75(53-65)62-34-16-11-17-35-62)100-87-58-68(99-85-48-30-25-43-72(85)73-44-26-31-49-86(73)99)50-51-83(87)98-84-60-82-78(71-42-24-29-47-81(71)97(82)79-45-27-22-40-69(79)70-41-23-28-46-80(70)97)59-88(84)101(90-57-67(96(7,8)9)56-89(100)91(90)98)93-76(63-36-18-12-19-37-63)54-66(95(4,5)6)55-77(93)64-38-20-13-21-39-64/h10-60H,1-9H3/i25D,26D,30D,31D,43D,44D,48D,49D. The molecule has 15 aromatic rings. The number of aromatic nitrogens is 1. The number of anilines is 6. The van der Waals surface area contributed by atoms with E-state index in [0.29, 0.717) is 5.69 Å². The van der Waals surface area contributed by atoms with Crippen molar-refractivity contribution in [2.24, 2.45) is 0 Å². The summed E-state index contributed by atoms with van der Waals surface area (Å²) >= 11 is 0. The van der Waals surface area contributed by atoms with Crippen LogP contribution in [0, 0.1) is 0 Å². The molecule has 4 aliphatic rings. The van der Waals surface area contributed by atoms with E-state index in [1.165, 1.54) is 44.5 Å². The number of hydrogen-bond donors (Lipinski definition) is 0. The van der Waals surface area contributed by atoms with Gasteiger partial charge in [0.05, 0.1) is 38.8 Å². The molecule has 0 atom stereocenters.